The van der Waals surface area contributed by atoms with Crippen molar-refractivity contribution in [2.24, 2.45) is 0 Å². The largest absolute Gasteiger partial charge is 0.344 e. The third kappa shape index (κ3) is 2.29. The second-order valence-electron chi connectivity index (χ2n) is 8.00. The molecule has 0 radical (unpaired) electrons. The molecule has 0 aliphatic carbocycles. The third-order valence-electron chi connectivity index (χ3n) is 6.15. The Hall–Kier alpha value is -3.21. The molecular formula is C23H22N4O. The number of nitrogens with one attached hydrogen (secondary N) is 1. The van der Waals surface area contributed by atoms with Crippen LogP contribution in [0.5, 0.6) is 0 Å². The van der Waals surface area contributed by atoms with E-state index in [2.05, 4.69) is 70.4 Å². The van der Waals surface area contributed by atoms with Gasteiger partial charge in [-0.05, 0) is 35.4 Å². The van der Waals surface area contributed by atoms with Gasteiger partial charge in [0.25, 0.3) is 0 Å². The minimum absolute atomic E-state index is 0.0890. The summed E-state index contributed by atoms with van der Waals surface area (Å²) in [6.45, 7) is 5.11. The van der Waals surface area contributed by atoms with Gasteiger partial charge in [-0.1, -0.05) is 44.2 Å². The van der Waals surface area contributed by atoms with E-state index in [4.69, 9.17) is 0 Å². The van der Waals surface area contributed by atoms with Crippen LogP contribution >= 0.6 is 0 Å². The van der Waals surface area contributed by atoms with E-state index in [1.54, 1.807) is 12.4 Å². The smallest absolute Gasteiger partial charge is 0.223 e. The number of para-hydroxylation sites is 1. The van der Waals surface area contributed by atoms with Gasteiger partial charge in [0.2, 0.25) is 5.91 Å². The van der Waals surface area contributed by atoms with Crippen molar-refractivity contribution < 1.29 is 4.79 Å². The van der Waals surface area contributed by atoms with Crippen LogP contribution in [0.15, 0.2) is 60.9 Å². The molecule has 1 amide bonds. The van der Waals surface area contributed by atoms with E-state index in [-0.39, 0.29) is 11.3 Å². The van der Waals surface area contributed by atoms with Crippen molar-refractivity contribution in [1.82, 2.24) is 15.3 Å². The number of nitrogens with zero attached hydrogens (tertiary/aromatic N) is 3. The van der Waals surface area contributed by atoms with Crippen molar-refractivity contribution in [1.29, 1.82) is 0 Å². The maximum Gasteiger partial charge on any atom is 0.223 e. The van der Waals surface area contributed by atoms with Crippen molar-refractivity contribution in [3.63, 3.8) is 0 Å². The monoisotopic (exact) mass is 370 g/mol. The molecule has 5 rings (SSSR count). The Bertz CT molecular complexity index is 1120. The molecule has 1 aromatic heterocycles. The number of aromatic nitrogens is 2. The summed E-state index contributed by atoms with van der Waals surface area (Å²) < 4.78 is 0. The summed E-state index contributed by atoms with van der Waals surface area (Å²) >= 11 is 0. The van der Waals surface area contributed by atoms with Crippen LogP contribution in [-0.4, -0.2) is 28.1 Å². The van der Waals surface area contributed by atoms with E-state index >= 15 is 0 Å². The lowest BCUT2D eigenvalue weighted by Gasteiger charge is -2.49. The maximum absolute atomic E-state index is 12.4. The molecule has 3 aromatic rings. The molecule has 140 valence electrons. The molecule has 28 heavy (non-hydrogen) atoms. The van der Waals surface area contributed by atoms with Gasteiger partial charge < -0.3 is 10.2 Å². The number of hydrogen-bond donors (Lipinski definition) is 1. The second-order valence-corrected chi connectivity index (χ2v) is 8.00. The van der Waals surface area contributed by atoms with Gasteiger partial charge >= 0.3 is 0 Å². The minimum Gasteiger partial charge on any atom is -0.344 e. The quantitative estimate of drug-likeness (QED) is 0.748. The lowest BCUT2D eigenvalue weighted by Crippen LogP contribution is -2.68. The number of anilines is 1. The van der Waals surface area contributed by atoms with E-state index in [1.165, 1.54) is 11.3 Å². The fourth-order valence-electron chi connectivity index (χ4n) is 4.62. The minimum atomic E-state index is -0.594. The molecule has 0 unspecified atom stereocenters. The molecule has 5 heteroatoms. The van der Waals surface area contributed by atoms with E-state index in [9.17, 15) is 4.79 Å². The first-order valence-corrected chi connectivity index (χ1v) is 9.59. The van der Waals surface area contributed by atoms with E-state index in [1.807, 2.05) is 18.2 Å². The van der Waals surface area contributed by atoms with Gasteiger partial charge in [0, 0.05) is 36.5 Å². The molecule has 5 nitrogen and oxygen atoms in total. The fourth-order valence-corrected chi connectivity index (χ4v) is 4.62. The molecule has 0 bridgehead atoms. The Morgan fingerprint density at radius 1 is 1.07 bits per heavy atom. The van der Waals surface area contributed by atoms with Crippen LogP contribution in [0.2, 0.25) is 0 Å². The molecule has 1 saturated heterocycles. The van der Waals surface area contributed by atoms with E-state index < -0.39 is 5.66 Å². The molecule has 2 aliphatic rings. The lowest BCUT2D eigenvalue weighted by molar-refractivity contribution is -0.124. The molecule has 2 aliphatic heterocycles. The topological polar surface area (TPSA) is 58.1 Å². The predicted octanol–water partition coefficient (Wildman–Crippen LogP) is 3.66. The number of rotatable bonds is 2. The average molecular weight is 370 g/mol. The molecule has 1 atom stereocenters. The van der Waals surface area contributed by atoms with Crippen molar-refractivity contribution in [2.45, 2.75) is 31.3 Å². The number of carbonyl (C=O) groups is 1. The molecule has 1 N–H and O–H groups in total. The van der Waals surface area contributed by atoms with Gasteiger partial charge in [-0.25, -0.2) is 0 Å². The Morgan fingerprint density at radius 2 is 1.86 bits per heavy atom. The number of benzene rings is 2. The Balaban J connectivity index is 1.62. The normalized spacial score (nSPS) is 22.9. The summed E-state index contributed by atoms with van der Waals surface area (Å²) in [5.74, 6) is 0.0890. The molecule has 0 spiro atoms. The molecule has 3 heterocycles. The zero-order valence-electron chi connectivity index (χ0n) is 16.0. The highest BCUT2D eigenvalue weighted by Crippen LogP contribution is 2.52. The van der Waals surface area contributed by atoms with Crippen LogP contribution < -0.4 is 10.2 Å². The van der Waals surface area contributed by atoms with Gasteiger partial charge in [-0.15, -0.1) is 0 Å². The fraction of sp³-hybridized carbons (Fsp3) is 0.261. The van der Waals surface area contributed by atoms with Crippen LogP contribution in [-0.2, 0) is 10.2 Å². The van der Waals surface area contributed by atoms with Gasteiger partial charge in [0.1, 0.15) is 5.66 Å². The van der Waals surface area contributed by atoms with Crippen LogP contribution in [0, 0.1) is 0 Å². The van der Waals surface area contributed by atoms with Crippen LogP contribution in [0.25, 0.3) is 17.1 Å². The van der Waals surface area contributed by atoms with Crippen molar-refractivity contribution in [2.75, 3.05) is 11.4 Å². The molecular weight excluding hydrogens is 348 g/mol. The zero-order chi connectivity index (χ0) is 19.4. The van der Waals surface area contributed by atoms with Gasteiger partial charge in [0.05, 0.1) is 11.0 Å². The summed E-state index contributed by atoms with van der Waals surface area (Å²) in [7, 11) is 0. The summed E-state index contributed by atoms with van der Waals surface area (Å²) in [6.07, 6.45) is 8.13. The van der Waals surface area contributed by atoms with E-state index in [0.29, 0.717) is 13.0 Å². The number of amides is 1. The van der Waals surface area contributed by atoms with Crippen LogP contribution in [0.1, 0.15) is 31.4 Å². The molecule has 2 aromatic carbocycles. The van der Waals surface area contributed by atoms with E-state index in [0.717, 1.165) is 16.6 Å². The highest BCUT2D eigenvalue weighted by Gasteiger charge is 2.57. The van der Waals surface area contributed by atoms with Crippen molar-refractivity contribution in [3.8, 4) is 0 Å². The molecule has 1 fully saturated rings. The van der Waals surface area contributed by atoms with Crippen molar-refractivity contribution >= 4 is 28.7 Å². The van der Waals surface area contributed by atoms with Crippen molar-refractivity contribution in [3.05, 3.63) is 72.1 Å². The maximum atomic E-state index is 12.4. The Kier molecular flexibility index (Phi) is 3.56. The number of fused-ring (bicyclic) bond motifs is 4. The first-order chi connectivity index (χ1) is 13.5. The van der Waals surface area contributed by atoms with Crippen LogP contribution in [0.4, 0.5) is 5.69 Å². The second kappa shape index (κ2) is 5.89. The number of carbonyl (C=O) groups excluding carboxylic acids is 1. The summed E-state index contributed by atoms with van der Waals surface area (Å²) in [6, 6.07) is 14.5. The molecule has 0 saturated carbocycles. The van der Waals surface area contributed by atoms with Gasteiger partial charge in [-0.3, -0.25) is 14.8 Å². The van der Waals surface area contributed by atoms with Gasteiger partial charge in [0.15, 0.2) is 0 Å². The Labute approximate surface area is 164 Å². The third-order valence-corrected chi connectivity index (χ3v) is 6.15. The highest BCUT2D eigenvalue weighted by atomic mass is 16.2. The SMILES string of the molecule is CC1(C)c2ccccc2N2CCC(=O)N[C@]21/C=C/c1ccc2nccnc2c1. The number of hydrogen-bond acceptors (Lipinski definition) is 4. The summed E-state index contributed by atoms with van der Waals surface area (Å²) in [5.41, 5.74) is 4.36. The summed E-state index contributed by atoms with van der Waals surface area (Å²) in [5, 5.41) is 3.31. The predicted molar refractivity (Wildman–Crippen MR) is 111 cm³/mol. The first kappa shape index (κ1) is 16.9. The summed E-state index contributed by atoms with van der Waals surface area (Å²) in [4.78, 5) is 23.5. The highest BCUT2D eigenvalue weighted by molar-refractivity contribution is 5.85. The lowest BCUT2D eigenvalue weighted by atomic mass is 9.74. The van der Waals surface area contributed by atoms with Gasteiger partial charge in [-0.2, -0.15) is 0 Å². The first-order valence-electron chi connectivity index (χ1n) is 9.59. The van der Waals surface area contributed by atoms with Crippen LogP contribution in [0.3, 0.4) is 0 Å². The standard InChI is InChI=1S/C23H22N4O/c1-22(2)17-5-3-4-6-20(17)27-14-10-21(28)26-23(22,27)11-9-16-7-8-18-19(15-16)25-13-12-24-18/h3-9,11-13,15H,10,14H2,1-2H3,(H,26,28)/b11-9+/t23-/m1/s1. The zero-order valence-corrected chi connectivity index (χ0v) is 16.0. The average Bonchev–Trinajstić information content (AvgIpc) is 2.90. The Morgan fingerprint density at radius 3 is 2.71 bits per heavy atom.